The lowest BCUT2D eigenvalue weighted by atomic mass is 10.0. The molecule has 1 aromatic heterocycles. The van der Waals surface area contributed by atoms with Gasteiger partial charge in [-0.05, 0) is 29.3 Å². The van der Waals surface area contributed by atoms with Crippen molar-refractivity contribution in [2.24, 2.45) is 0 Å². The largest absolute Gasteiger partial charge is 0.503 e. The molecule has 4 nitrogen and oxygen atoms in total. The smallest absolute Gasteiger partial charge is 0.341 e. The van der Waals surface area contributed by atoms with E-state index < -0.39 is 5.97 Å². The molecule has 0 saturated carbocycles. The minimum absolute atomic E-state index is 0.384. The Balaban J connectivity index is 2.05. The van der Waals surface area contributed by atoms with Crippen molar-refractivity contribution in [3.63, 3.8) is 0 Å². The van der Waals surface area contributed by atoms with Gasteiger partial charge >= 0.3 is 5.97 Å². The van der Waals surface area contributed by atoms with E-state index in [-0.39, 0.29) is 0 Å². The lowest BCUT2D eigenvalue weighted by molar-refractivity contribution is -0.133. The number of hydrogen-bond acceptors (Lipinski definition) is 3. The number of halogens is 1. The molecule has 3 rings (SSSR count). The molecular weight excluding hydrogens is 338 g/mol. The zero-order chi connectivity index (χ0) is 17.8. The molecule has 25 heavy (non-hydrogen) atoms. The Kier molecular flexibility index (Phi) is 5.10. The van der Waals surface area contributed by atoms with E-state index in [4.69, 9.17) is 21.1 Å². The van der Waals surface area contributed by atoms with E-state index >= 15 is 0 Å². The first kappa shape index (κ1) is 17.1. The maximum absolute atomic E-state index is 12.1. The van der Waals surface area contributed by atoms with Crippen molar-refractivity contribution >= 4 is 34.0 Å². The molecule has 0 amide bonds. The number of aromatic nitrogens is 1. The fraction of sp³-hybridized carbons (Fsp3) is 0.150. The summed E-state index contributed by atoms with van der Waals surface area (Å²) in [4.78, 5) is 12.1. The summed E-state index contributed by atoms with van der Waals surface area (Å²) in [6.45, 7) is 0.595. The SMILES string of the molecule is COC=C(C(=O)OC)c1ccccc1Cn1ccc2c(Cl)cccc21. The van der Waals surface area contributed by atoms with Crippen molar-refractivity contribution in [3.8, 4) is 0 Å². The van der Waals surface area contributed by atoms with Crippen LogP contribution in [-0.2, 0) is 20.8 Å². The van der Waals surface area contributed by atoms with Gasteiger partial charge in [-0.3, -0.25) is 0 Å². The van der Waals surface area contributed by atoms with Gasteiger partial charge in [-0.25, -0.2) is 4.79 Å². The number of benzene rings is 2. The van der Waals surface area contributed by atoms with E-state index in [1.165, 1.54) is 20.5 Å². The highest BCUT2D eigenvalue weighted by Gasteiger charge is 2.17. The number of fused-ring (bicyclic) bond motifs is 1. The van der Waals surface area contributed by atoms with Gasteiger partial charge in [0, 0.05) is 28.7 Å². The number of hydrogen-bond donors (Lipinski definition) is 0. The monoisotopic (exact) mass is 355 g/mol. The molecular formula is C20H18ClNO3. The number of nitrogens with zero attached hydrogens (tertiary/aromatic N) is 1. The molecule has 0 N–H and O–H groups in total. The van der Waals surface area contributed by atoms with E-state index in [9.17, 15) is 4.79 Å². The zero-order valence-corrected chi connectivity index (χ0v) is 14.8. The summed E-state index contributed by atoms with van der Waals surface area (Å²) in [5, 5.41) is 1.72. The summed E-state index contributed by atoms with van der Waals surface area (Å²) in [6.07, 6.45) is 3.40. The minimum atomic E-state index is -0.435. The molecule has 0 aliphatic carbocycles. The summed E-state index contributed by atoms with van der Waals surface area (Å²) in [5.41, 5.74) is 3.18. The van der Waals surface area contributed by atoms with E-state index in [1.807, 2.05) is 54.7 Å². The van der Waals surface area contributed by atoms with Gasteiger partial charge < -0.3 is 14.0 Å². The molecule has 3 aromatic rings. The van der Waals surface area contributed by atoms with Crippen molar-refractivity contribution in [2.75, 3.05) is 14.2 Å². The molecule has 0 radical (unpaired) electrons. The Labute approximate surface area is 151 Å². The first-order valence-corrected chi connectivity index (χ1v) is 8.16. The average molecular weight is 356 g/mol. The summed E-state index contributed by atoms with van der Waals surface area (Å²) in [5.74, 6) is -0.435. The van der Waals surface area contributed by atoms with Crippen LogP contribution in [0.15, 0.2) is 61.0 Å². The van der Waals surface area contributed by atoms with Crippen LogP contribution >= 0.6 is 11.6 Å². The maximum atomic E-state index is 12.1. The van der Waals surface area contributed by atoms with Crippen LogP contribution in [0, 0.1) is 0 Å². The normalized spacial score (nSPS) is 11.6. The van der Waals surface area contributed by atoms with Gasteiger partial charge in [0.05, 0.1) is 20.5 Å². The second-order valence-corrected chi connectivity index (χ2v) is 5.94. The maximum Gasteiger partial charge on any atom is 0.341 e. The molecule has 0 aliphatic rings. The van der Waals surface area contributed by atoms with E-state index in [2.05, 4.69) is 4.57 Å². The highest BCUT2D eigenvalue weighted by atomic mass is 35.5. The standard InChI is InChI=1S/C20H18ClNO3/c1-24-13-17(20(23)25-2)15-7-4-3-6-14(15)12-22-11-10-16-18(21)8-5-9-19(16)22/h3-11,13H,12H2,1-2H3. The van der Waals surface area contributed by atoms with Crippen LogP contribution in [0.1, 0.15) is 11.1 Å². The fourth-order valence-corrected chi connectivity index (χ4v) is 3.11. The first-order valence-electron chi connectivity index (χ1n) is 7.78. The molecule has 0 saturated heterocycles. The number of carbonyl (C=O) groups is 1. The summed E-state index contributed by atoms with van der Waals surface area (Å²) >= 11 is 6.26. The highest BCUT2D eigenvalue weighted by molar-refractivity contribution is 6.35. The summed E-state index contributed by atoms with van der Waals surface area (Å²) in [6, 6.07) is 15.5. The molecule has 0 unspecified atom stereocenters. The lowest BCUT2D eigenvalue weighted by Crippen LogP contribution is -2.08. The third-order valence-electron chi connectivity index (χ3n) is 4.05. The van der Waals surface area contributed by atoms with Gasteiger partial charge in [0.2, 0.25) is 0 Å². The molecule has 1 heterocycles. The van der Waals surface area contributed by atoms with Crippen molar-refractivity contribution in [2.45, 2.75) is 6.54 Å². The van der Waals surface area contributed by atoms with Gasteiger partial charge in [0.25, 0.3) is 0 Å². The predicted octanol–water partition coefficient (Wildman–Crippen LogP) is 4.50. The number of methoxy groups -OCH3 is 2. The van der Waals surface area contributed by atoms with Crippen molar-refractivity contribution < 1.29 is 14.3 Å². The van der Waals surface area contributed by atoms with Crippen molar-refractivity contribution in [1.82, 2.24) is 4.57 Å². The average Bonchev–Trinajstić information content (AvgIpc) is 3.04. The summed E-state index contributed by atoms with van der Waals surface area (Å²) in [7, 11) is 2.86. The van der Waals surface area contributed by atoms with E-state index in [0.29, 0.717) is 12.1 Å². The Bertz CT molecular complexity index is 943. The molecule has 0 aliphatic heterocycles. The van der Waals surface area contributed by atoms with Gasteiger partial charge in [-0.1, -0.05) is 41.9 Å². The molecule has 0 bridgehead atoms. The molecule has 5 heteroatoms. The summed E-state index contributed by atoms with van der Waals surface area (Å²) < 4.78 is 12.1. The van der Waals surface area contributed by atoms with Crippen LogP contribution < -0.4 is 0 Å². The van der Waals surface area contributed by atoms with Crippen LogP contribution in [0.3, 0.4) is 0 Å². The molecule has 0 fully saturated rings. The van der Waals surface area contributed by atoms with Crippen molar-refractivity contribution in [3.05, 3.63) is 77.1 Å². The van der Waals surface area contributed by atoms with Gasteiger partial charge in [0.1, 0.15) is 5.57 Å². The molecule has 0 atom stereocenters. The van der Waals surface area contributed by atoms with E-state index in [1.54, 1.807) is 0 Å². The molecule has 128 valence electrons. The minimum Gasteiger partial charge on any atom is -0.503 e. The zero-order valence-electron chi connectivity index (χ0n) is 14.0. The third kappa shape index (κ3) is 3.39. The topological polar surface area (TPSA) is 40.5 Å². The Hall–Kier alpha value is -2.72. The fourth-order valence-electron chi connectivity index (χ4n) is 2.88. The molecule has 0 spiro atoms. The Morgan fingerprint density at radius 3 is 2.68 bits per heavy atom. The number of ether oxygens (including phenoxy) is 2. The first-order chi connectivity index (χ1) is 12.2. The number of carbonyl (C=O) groups excluding carboxylic acids is 1. The van der Waals surface area contributed by atoms with Gasteiger partial charge in [-0.15, -0.1) is 0 Å². The number of rotatable bonds is 5. The van der Waals surface area contributed by atoms with Gasteiger partial charge in [-0.2, -0.15) is 0 Å². The third-order valence-corrected chi connectivity index (χ3v) is 4.38. The van der Waals surface area contributed by atoms with Crippen LogP contribution in [0.4, 0.5) is 0 Å². The number of esters is 1. The molecule has 2 aromatic carbocycles. The van der Waals surface area contributed by atoms with Gasteiger partial charge in [0.15, 0.2) is 0 Å². The van der Waals surface area contributed by atoms with Crippen LogP contribution in [0.25, 0.3) is 16.5 Å². The quantitative estimate of drug-likeness (QED) is 0.384. The predicted molar refractivity (Wildman–Crippen MR) is 99.5 cm³/mol. The second-order valence-electron chi connectivity index (χ2n) is 5.53. The lowest BCUT2D eigenvalue weighted by Gasteiger charge is -2.13. The van der Waals surface area contributed by atoms with Crippen LogP contribution in [-0.4, -0.2) is 24.8 Å². The van der Waals surface area contributed by atoms with Crippen LogP contribution in [0.5, 0.6) is 0 Å². The van der Waals surface area contributed by atoms with E-state index in [0.717, 1.165) is 27.1 Å². The van der Waals surface area contributed by atoms with Crippen LogP contribution in [0.2, 0.25) is 5.02 Å². The highest BCUT2D eigenvalue weighted by Crippen LogP contribution is 2.27. The Morgan fingerprint density at radius 2 is 1.92 bits per heavy atom. The van der Waals surface area contributed by atoms with Crippen molar-refractivity contribution in [1.29, 1.82) is 0 Å². The Morgan fingerprint density at radius 1 is 1.12 bits per heavy atom. The second kappa shape index (κ2) is 7.45.